The van der Waals surface area contributed by atoms with Crippen molar-refractivity contribution >= 4 is 11.9 Å². The zero-order valence-electron chi connectivity index (χ0n) is 61.4. The summed E-state index contributed by atoms with van der Waals surface area (Å²) in [6.07, 6.45) is 94.1. The van der Waals surface area contributed by atoms with Gasteiger partial charge in [0.2, 0.25) is 0 Å². The van der Waals surface area contributed by atoms with E-state index in [1.807, 2.05) is 0 Å². The molecule has 0 fully saturated rings. The van der Waals surface area contributed by atoms with Crippen LogP contribution in [0.2, 0.25) is 0 Å². The van der Waals surface area contributed by atoms with Crippen molar-refractivity contribution in [3.05, 3.63) is 12.2 Å². The van der Waals surface area contributed by atoms with E-state index in [-0.39, 0.29) is 18.7 Å². The molecule has 536 valence electrons. The Bertz CT molecular complexity index is 1400. The van der Waals surface area contributed by atoms with E-state index in [0.29, 0.717) is 19.3 Å². The van der Waals surface area contributed by atoms with Crippen molar-refractivity contribution in [1.29, 1.82) is 0 Å². The Labute approximate surface area is 563 Å². The first-order chi connectivity index (χ1) is 44.3. The molecule has 0 amide bonds. The van der Waals surface area contributed by atoms with Crippen LogP contribution in [0.25, 0.3) is 0 Å². The lowest BCUT2D eigenvalue weighted by Gasteiger charge is -2.22. The number of allylic oxidation sites excluding steroid dienone is 2. The molecule has 0 saturated heterocycles. The first kappa shape index (κ1) is 88.6. The first-order valence-corrected chi connectivity index (χ1v) is 41.3. The van der Waals surface area contributed by atoms with E-state index >= 15 is 0 Å². The second kappa shape index (κ2) is 76.6. The lowest BCUT2D eigenvalue weighted by Crippen LogP contribution is -2.32. The Morgan fingerprint density at radius 3 is 0.856 bits per heavy atom. The Balaban J connectivity index is 3.62. The lowest BCUT2D eigenvalue weighted by molar-refractivity contribution is -0.157. The van der Waals surface area contributed by atoms with Crippen LogP contribution in [0.1, 0.15) is 470 Å². The first-order valence-electron chi connectivity index (χ1n) is 41.3. The summed E-state index contributed by atoms with van der Waals surface area (Å²) in [5, 5.41) is 30.1. The molecular formula is C83H162O7. The van der Waals surface area contributed by atoms with Gasteiger partial charge in [0.05, 0.1) is 24.7 Å². The summed E-state index contributed by atoms with van der Waals surface area (Å²) in [7, 11) is 0. The minimum absolute atomic E-state index is 0.0153. The molecule has 0 bridgehead atoms. The monoisotopic (exact) mass is 1270 g/mol. The van der Waals surface area contributed by atoms with Gasteiger partial charge < -0.3 is 24.8 Å². The maximum atomic E-state index is 13.0. The number of ether oxygens (including phenoxy) is 2. The standard InChI is InChI=1S/C83H162O7/c1-4-6-8-10-12-14-16-18-20-22-23-24-32-35-38-41-45-49-53-57-61-65-69-73-80(83(88)89-77-79(85)76-84)81(86)74-70-66-62-58-54-50-46-42-39-36-33-30-28-26-25-27-29-31-34-37-40-43-47-51-55-59-63-67-71-75-82(87)90-78(3)72-68-64-60-56-52-48-44-21-19-17-15-13-11-9-7-5-2/h29,31,78-81,84-86H,4-28,30,32-77H2,1-3H3. The summed E-state index contributed by atoms with van der Waals surface area (Å²) < 4.78 is 11.1. The number of esters is 2. The van der Waals surface area contributed by atoms with Gasteiger partial charge in [-0.2, -0.15) is 0 Å². The van der Waals surface area contributed by atoms with E-state index in [2.05, 4.69) is 32.9 Å². The fraction of sp³-hybridized carbons (Fsp3) is 0.952. The molecule has 0 aliphatic rings. The van der Waals surface area contributed by atoms with Crippen LogP contribution in [0.3, 0.4) is 0 Å². The Morgan fingerprint density at radius 2 is 0.567 bits per heavy atom. The Morgan fingerprint density at radius 1 is 0.322 bits per heavy atom. The van der Waals surface area contributed by atoms with E-state index in [4.69, 9.17) is 9.47 Å². The van der Waals surface area contributed by atoms with Gasteiger partial charge in [-0.25, -0.2) is 0 Å². The van der Waals surface area contributed by atoms with Crippen LogP contribution in [0.15, 0.2) is 12.2 Å². The third-order valence-corrected chi connectivity index (χ3v) is 19.9. The van der Waals surface area contributed by atoms with Gasteiger partial charge in [-0.1, -0.05) is 411 Å². The molecule has 0 spiro atoms. The number of hydrogen-bond donors (Lipinski definition) is 3. The van der Waals surface area contributed by atoms with Gasteiger partial charge in [-0.05, 0) is 64.7 Å². The predicted octanol–water partition coefficient (Wildman–Crippen LogP) is 26.7. The number of rotatable bonds is 78. The fourth-order valence-corrected chi connectivity index (χ4v) is 13.6. The van der Waals surface area contributed by atoms with E-state index in [0.717, 1.165) is 44.9 Å². The average Bonchev–Trinajstić information content (AvgIpc) is 3.70. The minimum atomic E-state index is -1.07. The molecule has 0 radical (unpaired) electrons. The van der Waals surface area contributed by atoms with Crippen molar-refractivity contribution in [2.75, 3.05) is 13.2 Å². The van der Waals surface area contributed by atoms with Gasteiger partial charge in [-0.3, -0.25) is 9.59 Å². The summed E-state index contributed by atoms with van der Waals surface area (Å²) in [4.78, 5) is 25.3. The lowest BCUT2D eigenvalue weighted by atomic mass is 9.91. The molecule has 0 aliphatic carbocycles. The van der Waals surface area contributed by atoms with Crippen LogP contribution in [0, 0.1) is 5.92 Å². The van der Waals surface area contributed by atoms with Crippen molar-refractivity contribution in [2.24, 2.45) is 5.92 Å². The van der Waals surface area contributed by atoms with Gasteiger partial charge in [0.1, 0.15) is 12.7 Å². The zero-order valence-corrected chi connectivity index (χ0v) is 61.4. The quantitative estimate of drug-likeness (QED) is 0.0316. The van der Waals surface area contributed by atoms with Crippen LogP contribution in [0.4, 0.5) is 0 Å². The third-order valence-electron chi connectivity index (χ3n) is 19.9. The summed E-state index contributed by atoms with van der Waals surface area (Å²) in [5.41, 5.74) is 0. The molecule has 0 aromatic heterocycles. The zero-order chi connectivity index (χ0) is 65.2. The molecule has 90 heavy (non-hydrogen) atoms. The van der Waals surface area contributed by atoms with Crippen LogP contribution in [-0.4, -0.2) is 58.8 Å². The number of hydrogen-bond acceptors (Lipinski definition) is 7. The van der Waals surface area contributed by atoms with Crippen molar-refractivity contribution in [1.82, 2.24) is 0 Å². The number of unbranched alkanes of at least 4 members (excludes halogenated alkanes) is 62. The minimum Gasteiger partial charge on any atom is -0.463 e. The number of aliphatic hydroxyl groups is 3. The molecule has 0 aliphatic heterocycles. The Kier molecular flexibility index (Phi) is 75.4. The summed E-state index contributed by atoms with van der Waals surface area (Å²) in [5.74, 6) is -0.966. The molecule has 0 heterocycles. The second-order valence-corrected chi connectivity index (χ2v) is 29.0. The number of carbonyl (C=O) groups excluding carboxylic acids is 2. The maximum absolute atomic E-state index is 13.0. The molecule has 4 unspecified atom stereocenters. The highest BCUT2D eigenvalue weighted by atomic mass is 16.5. The predicted molar refractivity (Wildman–Crippen MR) is 393 cm³/mol. The molecule has 7 heteroatoms. The molecular weight excluding hydrogens is 1110 g/mol. The van der Waals surface area contributed by atoms with Gasteiger partial charge in [0, 0.05) is 6.42 Å². The maximum Gasteiger partial charge on any atom is 0.311 e. The smallest absolute Gasteiger partial charge is 0.311 e. The highest BCUT2D eigenvalue weighted by Gasteiger charge is 2.28. The molecule has 0 saturated carbocycles. The van der Waals surface area contributed by atoms with Gasteiger partial charge in [-0.15, -0.1) is 0 Å². The van der Waals surface area contributed by atoms with Crippen molar-refractivity contribution in [3.8, 4) is 0 Å². The summed E-state index contributed by atoms with van der Waals surface area (Å²) in [6.45, 7) is 6.02. The van der Waals surface area contributed by atoms with Crippen LogP contribution < -0.4 is 0 Å². The summed E-state index contributed by atoms with van der Waals surface area (Å²) in [6, 6.07) is 0. The third kappa shape index (κ3) is 70.9. The second-order valence-electron chi connectivity index (χ2n) is 29.0. The van der Waals surface area contributed by atoms with Gasteiger partial charge in [0.25, 0.3) is 0 Å². The fourth-order valence-electron chi connectivity index (χ4n) is 13.6. The molecule has 0 aromatic rings. The molecule has 0 aromatic carbocycles. The summed E-state index contributed by atoms with van der Waals surface area (Å²) >= 11 is 0. The SMILES string of the molecule is CCCCCCCCCCCCCCCCCCCCCCCCCC(C(=O)OCC(O)CO)C(O)CCCCCCCCCCCCCCCCCC=CCCCCCCCCCCCCC(=O)OC(C)CCCCCCCCCCCCCCCCCC. The normalized spacial score (nSPS) is 13.2. The van der Waals surface area contributed by atoms with Crippen molar-refractivity contribution in [3.63, 3.8) is 0 Å². The topological polar surface area (TPSA) is 113 Å². The molecule has 0 rings (SSSR count). The largest absolute Gasteiger partial charge is 0.463 e. The number of carbonyl (C=O) groups is 2. The molecule has 7 nitrogen and oxygen atoms in total. The van der Waals surface area contributed by atoms with Crippen molar-refractivity contribution < 1.29 is 34.4 Å². The van der Waals surface area contributed by atoms with Gasteiger partial charge >= 0.3 is 11.9 Å². The average molecular weight is 1270 g/mol. The van der Waals surface area contributed by atoms with E-state index < -0.39 is 30.7 Å². The van der Waals surface area contributed by atoms with Crippen LogP contribution >= 0.6 is 0 Å². The van der Waals surface area contributed by atoms with E-state index in [1.54, 1.807) is 0 Å². The number of aliphatic hydroxyl groups excluding tert-OH is 3. The van der Waals surface area contributed by atoms with E-state index in [9.17, 15) is 24.9 Å². The van der Waals surface area contributed by atoms with E-state index in [1.165, 1.54) is 385 Å². The van der Waals surface area contributed by atoms with Crippen LogP contribution in [0.5, 0.6) is 0 Å². The Hall–Kier alpha value is -1.44. The van der Waals surface area contributed by atoms with Gasteiger partial charge in [0.15, 0.2) is 0 Å². The van der Waals surface area contributed by atoms with Crippen molar-refractivity contribution in [2.45, 2.75) is 489 Å². The molecule has 4 atom stereocenters. The molecule has 3 N–H and O–H groups in total. The highest BCUT2D eigenvalue weighted by Crippen LogP contribution is 2.24. The van der Waals surface area contributed by atoms with Crippen LogP contribution in [-0.2, 0) is 19.1 Å². The highest BCUT2D eigenvalue weighted by molar-refractivity contribution is 5.73.